The zero-order chi connectivity index (χ0) is 19.1. The van der Waals surface area contributed by atoms with Crippen LogP contribution in [0.1, 0.15) is 5.56 Å². The Morgan fingerprint density at radius 3 is 2.68 bits per heavy atom. The smallest absolute Gasteiger partial charge is 0.313 e. The zero-order valence-electron chi connectivity index (χ0n) is 15.5. The lowest BCUT2D eigenvalue weighted by molar-refractivity contribution is -0.148. The molecule has 146 valence electrons. The number of aromatic nitrogens is 2. The van der Waals surface area contributed by atoms with Crippen LogP contribution in [0.4, 0.5) is 5.95 Å². The van der Waals surface area contributed by atoms with Gasteiger partial charge in [-0.25, -0.2) is 9.97 Å². The van der Waals surface area contributed by atoms with Crippen molar-refractivity contribution in [2.75, 3.05) is 44.3 Å². The minimum Gasteiger partial charge on any atom is -0.486 e. The molecule has 1 aromatic heterocycles. The molecule has 0 unspecified atom stereocenters. The molecular formula is C20H22N4O4. The summed E-state index contributed by atoms with van der Waals surface area (Å²) in [4.78, 5) is 25.0. The maximum Gasteiger partial charge on any atom is 0.313 e. The van der Waals surface area contributed by atoms with E-state index < -0.39 is 11.4 Å². The van der Waals surface area contributed by atoms with Crippen LogP contribution in [-0.4, -0.2) is 65.3 Å². The summed E-state index contributed by atoms with van der Waals surface area (Å²) in [5, 5.41) is 10.1. The van der Waals surface area contributed by atoms with Gasteiger partial charge in [0.2, 0.25) is 5.95 Å². The number of carboxylic acid groups (broad SMARTS) is 1. The number of carboxylic acids is 1. The Hall–Kier alpha value is -2.87. The molecule has 0 spiro atoms. The fraction of sp³-hybridized carbons (Fsp3) is 0.450. The van der Waals surface area contributed by atoms with Crippen molar-refractivity contribution >= 4 is 11.9 Å². The number of anilines is 1. The van der Waals surface area contributed by atoms with Gasteiger partial charge >= 0.3 is 5.97 Å². The van der Waals surface area contributed by atoms with E-state index >= 15 is 0 Å². The first-order valence-electron chi connectivity index (χ1n) is 9.50. The highest BCUT2D eigenvalue weighted by Gasteiger charge is 2.58. The third-order valence-corrected chi connectivity index (χ3v) is 5.95. The van der Waals surface area contributed by atoms with Crippen molar-refractivity contribution in [1.82, 2.24) is 14.9 Å². The lowest BCUT2D eigenvalue weighted by Gasteiger charge is -2.26. The molecule has 0 bridgehead atoms. The molecule has 4 heterocycles. The zero-order valence-corrected chi connectivity index (χ0v) is 15.5. The Balaban J connectivity index is 1.32. The number of carbonyl (C=O) groups is 1. The lowest BCUT2D eigenvalue weighted by atomic mass is 9.81. The van der Waals surface area contributed by atoms with Gasteiger partial charge in [0, 0.05) is 51.0 Å². The molecule has 28 heavy (non-hydrogen) atoms. The molecule has 2 atom stereocenters. The first kappa shape index (κ1) is 17.2. The number of hydrogen-bond donors (Lipinski definition) is 1. The van der Waals surface area contributed by atoms with E-state index in [1.807, 2.05) is 23.1 Å². The monoisotopic (exact) mass is 382 g/mol. The molecular weight excluding hydrogens is 360 g/mol. The third kappa shape index (κ3) is 2.84. The van der Waals surface area contributed by atoms with Gasteiger partial charge in [0.1, 0.15) is 18.6 Å². The number of ether oxygens (including phenoxy) is 2. The van der Waals surface area contributed by atoms with Crippen LogP contribution in [0.15, 0.2) is 36.7 Å². The number of benzene rings is 1. The van der Waals surface area contributed by atoms with Gasteiger partial charge in [0.25, 0.3) is 0 Å². The van der Waals surface area contributed by atoms with Crippen LogP contribution in [0.3, 0.4) is 0 Å². The summed E-state index contributed by atoms with van der Waals surface area (Å²) >= 11 is 0. The van der Waals surface area contributed by atoms with E-state index in [9.17, 15) is 9.90 Å². The van der Waals surface area contributed by atoms with Gasteiger partial charge < -0.3 is 19.5 Å². The first-order chi connectivity index (χ1) is 13.6. The summed E-state index contributed by atoms with van der Waals surface area (Å²) < 4.78 is 11.2. The van der Waals surface area contributed by atoms with Crippen LogP contribution in [-0.2, 0) is 11.3 Å². The van der Waals surface area contributed by atoms with Crippen LogP contribution in [0.25, 0.3) is 0 Å². The minimum atomic E-state index is -0.785. The van der Waals surface area contributed by atoms with E-state index in [2.05, 4.69) is 14.9 Å². The van der Waals surface area contributed by atoms with E-state index in [0.717, 1.165) is 23.6 Å². The third-order valence-electron chi connectivity index (χ3n) is 5.95. The molecule has 0 aliphatic carbocycles. The van der Waals surface area contributed by atoms with Gasteiger partial charge in [0.15, 0.2) is 11.5 Å². The molecule has 2 saturated heterocycles. The largest absolute Gasteiger partial charge is 0.486 e. The molecule has 2 fully saturated rings. The van der Waals surface area contributed by atoms with Gasteiger partial charge in [-0.15, -0.1) is 0 Å². The van der Waals surface area contributed by atoms with Gasteiger partial charge in [-0.3, -0.25) is 9.69 Å². The maximum absolute atomic E-state index is 12.2. The Morgan fingerprint density at radius 1 is 1.14 bits per heavy atom. The standard InChI is InChI=1S/C20H22N4O4/c25-18(26)20-12-23(9-14-2-3-16-17(8-14)28-7-6-27-16)10-15(20)11-24(13-20)19-21-4-1-5-22-19/h1-5,8,15H,6-7,9-13H2,(H,25,26)/t15-,20-/m1/s1. The Labute approximate surface area is 162 Å². The van der Waals surface area contributed by atoms with Crippen LogP contribution >= 0.6 is 0 Å². The lowest BCUT2D eigenvalue weighted by Crippen LogP contribution is -2.41. The molecule has 0 amide bonds. The number of nitrogens with zero attached hydrogens (tertiary/aromatic N) is 4. The summed E-state index contributed by atoms with van der Waals surface area (Å²) in [7, 11) is 0. The quantitative estimate of drug-likeness (QED) is 0.846. The van der Waals surface area contributed by atoms with E-state index in [1.54, 1.807) is 18.5 Å². The number of rotatable bonds is 4. The molecule has 8 heteroatoms. The van der Waals surface area contributed by atoms with Crippen molar-refractivity contribution in [2.45, 2.75) is 6.54 Å². The fourth-order valence-electron chi connectivity index (χ4n) is 4.64. The van der Waals surface area contributed by atoms with Crippen LogP contribution < -0.4 is 14.4 Å². The van der Waals surface area contributed by atoms with Crippen molar-refractivity contribution in [3.8, 4) is 11.5 Å². The second kappa shape index (κ2) is 6.63. The molecule has 5 rings (SSSR count). The van der Waals surface area contributed by atoms with Crippen molar-refractivity contribution in [3.05, 3.63) is 42.2 Å². The highest BCUT2D eigenvalue weighted by atomic mass is 16.6. The van der Waals surface area contributed by atoms with Crippen molar-refractivity contribution in [3.63, 3.8) is 0 Å². The molecule has 8 nitrogen and oxygen atoms in total. The van der Waals surface area contributed by atoms with Crippen molar-refractivity contribution < 1.29 is 19.4 Å². The molecule has 3 aliphatic heterocycles. The Morgan fingerprint density at radius 2 is 1.93 bits per heavy atom. The van der Waals surface area contributed by atoms with Gasteiger partial charge in [-0.1, -0.05) is 6.07 Å². The first-order valence-corrected chi connectivity index (χ1v) is 9.50. The van der Waals surface area contributed by atoms with Crippen molar-refractivity contribution in [2.24, 2.45) is 11.3 Å². The highest BCUT2D eigenvalue weighted by molar-refractivity contribution is 5.78. The van der Waals surface area contributed by atoms with E-state index in [1.165, 1.54) is 0 Å². The summed E-state index contributed by atoms with van der Waals surface area (Å²) in [6, 6.07) is 7.73. The topological polar surface area (TPSA) is 88.0 Å². The molecule has 1 aromatic carbocycles. The SMILES string of the molecule is O=C(O)[C@@]12CN(Cc3ccc4c(c3)OCCO4)C[C@@H]1CN(c1ncccn1)C2. The van der Waals surface area contributed by atoms with E-state index in [0.29, 0.717) is 45.3 Å². The average molecular weight is 382 g/mol. The maximum atomic E-state index is 12.2. The molecule has 0 saturated carbocycles. The molecule has 1 N–H and O–H groups in total. The number of likely N-dealkylation sites (tertiary alicyclic amines) is 1. The fourth-order valence-corrected chi connectivity index (χ4v) is 4.64. The van der Waals surface area contributed by atoms with E-state index in [-0.39, 0.29) is 5.92 Å². The number of hydrogen-bond acceptors (Lipinski definition) is 7. The van der Waals surface area contributed by atoms with Crippen LogP contribution in [0.5, 0.6) is 11.5 Å². The summed E-state index contributed by atoms with van der Waals surface area (Å²) in [6.45, 7) is 4.19. The predicted octanol–water partition coefficient (Wildman–Crippen LogP) is 1.27. The minimum absolute atomic E-state index is 0.0472. The Bertz CT molecular complexity index is 893. The van der Waals surface area contributed by atoms with Gasteiger partial charge in [0.05, 0.1) is 0 Å². The number of fused-ring (bicyclic) bond motifs is 2. The molecule has 3 aliphatic rings. The van der Waals surface area contributed by atoms with Crippen LogP contribution in [0, 0.1) is 11.3 Å². The normalized spacial score (nSPS) is 26.3. The molecule has 0 radical (unpaired) electrons. The average Bonchev–Trinajstić information content (AvgIpc) is 3.24. The summed E-state index contributed by atoms with van der Waals surface area (Å²) in [5.41, 5.74) is 0.320. The van der Waals surface area contributed by atoms with Gasteiger partial charge in [-0.2, -0.15) is 0 Å². The van der Waals surface area contributed by atoms with Crippen molar-refractivity contribution in [1.29, 1.82) is 0 Å². The second-order valence-corrected chi connectivity index (χ2v) is 7.74. The summed E-state index contributed by atoms with van der Waals surface area (Å²) in [5.74, 6) is 1.46. The van der Waals surface area contributed by atoms with E-state index in [4.69, 9.17) is 9.47 Å². The highest BCUT2D eigenvalue weighted by Crippen LogP contribution is 2.44. The predicted molar refractivity (Wildman–Crippen MR) is 101 cm³/mol. The van der Waals surface area contributed by atoms with Gasteiger partial charge in [-0.05, 0) is 23.8 Å². The Kier molecular flexibility index (Phi) is 4.08. The number of aliphatic carboxylic acids is 1. The summed E-state index contributed by atoms with van der Waals surface area (Å²) in [6.07, 6.45) is 3.39. The molecule has 2 aromatic rings. The second-order valence-electron chi connectivity index (χ2n) is 7.74. The van der Waals surface area contributed by atoms with Crippen LogP contribution in [0.2, 0.25) is 0 Å².